The Labute approximate surface area is 168 Å². The zero-order chi connectivity index (χ0) is 20.2. The lowest BCUT2D eigenvalue weighted by Crippen LogP contribution is -2.16. The van der Waals surface area contributed by atoms with Gasteiger partial charge in [0.15, 0.2) is 5.78 Å². The molecule has 2 aromatic carbocycles. The number of carbonyl (C=O) groups is 2. The number of esters is 1. The summed E-state index contributed by atoms with van der Waals surface area (Å²) in [7, 11) is 0. The third-order valence-electron chi connectivity index (χ3n) is 5.32. The van der Waals surface area contributed by atoms with Crippen LogP contribution in [0, 0.1) is 5.82 Å². The summed E-state index contributed by atoms with van der Waals surface area (Å²) in [6.07, 6.45) is 4.51. The minimum atomic E-state index is -0.372. The van der Waals surface area contributed by atoms with Gasteiger partial charge in [-0.1, -0.05) is 18.2 Å². The number of aryl methyl sites for hydroxylation is 1. The Morgan fingerprint density at radius 2 is 1.76 bits per heavy atom. The van der Waals surface area contributed by atoms with Gasteiger partial charge in [0.25, 0.3) is 0 Å². The molecule has 3 aromatic rings. The minimum Gasteiger partial charge on any atom is -0.462 e. The lowest BCUT2D eigenvalue weighted by molar-refractivity contribution is 0.0494. The maximum atomic E-state index is 13.0. The summed E-state index contributed by atoms with van der Waals surface area (Å²) in [5, 5.41) is 0.820. The third-order valence-corrected chi connectivity index (χ3v) is 5.32. The van der Waals surface area contributed by atoms with Crippen molar-refractivity contribution in [1.29, 1.82) is 0 Å². The number of nitrogens with zero attached hydrogens (tertiary/aromatic N) is 1. The average Bonchev–Trinajstić information content (AvgIpc) is 2.75. The molecule has 0 bridgehead atoms. The topological polar surface area (TPSA) is 56.3 Å². The molecule has 148 valence electrons. The van der Waals surface area contributed by atoms with E-state index in [4.69, 9.17) is 9.72 Å². The molecule has 1 aliphatic carbocycles. The summed E-state index contributed by atoms with van der Waals surface area (Å²) in [6, 6.07) is 13.1. The highest BCUT2D eigenvalue weighted by atomic mass is 19.1. The summed E-state index contributed by atoms with van der Waals surface area (Å²) in [4.78, 5) is 29.8. The number of pyridine rings is 1. The van der Waals surface area contributed by atoms with Crippen LogP contribution in [0.4, 0.5) is 4.39 Å². The summed E-state index contributed by atoms with van der Waals surface area (Å²) >= 11 is 0. The van der Waals surface area contributed by atoms with Crippen LogP contribution in [0.5, 0.6) is 0 Å². The Kier molecular flexibility index (Phi) is 5.65. The highest BCUT2D eigenvalue weighted by Crippen LogP contribution is 2.29. The van der Waals surface area contributed by atoms with Crippen molar-refractivity contribution in [3.63, 3.8) is 0 Å². The molecule has 0 atom stereocenters. The fourth-order valence-electron chi connectivity index (χ4n) is 3.86. The van der Waals surface area contributed by atoms with Crippen LogP contribution in [-0.4, -0.2) is 23.3 Å². The van der Waals surface area contributed by atoms with Gasteiger partial charge in [-0.15, -0.1) is 0 Å². The third kappa shape index (κ3) is 4.19. The Morgan fingerprint density at radius 3 is 2.59 bits per heavy atom. The largest absolute Gasteiger partial charge is 0.462 e. The fourth-order valence-corrected chi connectivity index (χ4v) is 3.86. The first-order chi connectivity index (χ1) is 14.1. The summed E-state index contributed by atoms with van der Waals surface area (Å²) in [6.45, 7) is 0.164. The number of para-hydroxylation sites is 1. The molecule has 1 aliphatic rings. The number of ketones is 1. The zero-order valence-corrected chi connectivity index (χ0v) is 16.1. The molecular formula is C24H22FNO3. The van der Waals surface area contributed by atoms with Crippen molar-refractivity contribution in [3.05, 3.63) is 76.7 Å². The van der Waals surface area contributed by atoms with Crippen LogP contribution in [0.1, 0.15) is 57.7 Å². The van der Waals surface area contributed by atoms with Gasteiger partial charge in [0.1, 0.15) is 5.82 Å². The molecule has 1 heterocycles. The maximum absolute atomic E-state index is 13.0. The number of carbonyl (C=O) groups excluding carboxylic acids is 2. The van der Waals surface area contributed by atoms with Crippen molar-refractivity contribution in [3.8, 4) is 0 Å². The van der Waals surface area contributed by atoms with Crippen molar-refractivity contribution < 1.29 is 18.7 Å². The van der Waals surface area contributed by atoms with Gasteiger partial charge < -0.3 is 4.74 Å². The molecule has 5 heteroatoms. The first kappa shape index (κ1) is 19.2. The van der Waals surface area contributed by atoms with E-state index in [9.17, 15) is 14.0 Å². The van der Waals surface area contributed by atoms with Crippen LogP contribution in [0.2, 0.25) is 0 Å². The number of hydrogen-bond donors (Lipinski definition) is 0. The second-order valence-electron chi connectivity index (χ2n) is 7.31. The Balaban J connectivity index is 1.44. The van der Waals surface area contributed by atoms with Crippen LogP contribution in [0.15, 0.2) is 48.5 Å². The summed E-state index contributed by atoms with van der Waals surface area (Å²) in [5.74, 6) is -0.813. The van der Waals surface area contributed by atoms with Crippen LogP contribution in [-0.2, 0) is 17.6 Å². The summed E-state index contributed by atoms with van der Waals surface area (Å²) in [5.41, 5.74) is 3.89. The van der Waals surface area contributed by atoms with Gasteiger partial charge in [0, 0.05) is 23.1 Å². The van der Waals surface area contributed by atoms with Crippen molar-refractivity contribution >= 4 is 22.7 Å². The molecule has 0 radical (unpaired) electrons. The number of rotatable bonds is 6. The molecule has 0 aliphatic heterocycles. The normalized spacial score (nSPS) is 13.1. The molecule has 0 saturated carbocycles. The monoisotopic (exact) mass is 391 g/mol. The van der Waals surface area contributed by atoms with Crippen molar-refractivity contribution in [2.24, 2.45) is 0 Å². The number of fused-ring (bicyclic) bond motifs is 2. The molecule has 0 saturated heterocycles. The van der Waals surface area contributed by atoms with Crippen LogP contribution in [0.25, 0.3) is 10.9 Å². The van der Waals surface area contributed by atoms with E-state index in [0.717, 1.165) is 47.8 Å². The Morgan fingerprint density at radius 1 is 1.00 bits per heavy atom. The predicted molar refractivity (Wildman–Crippen MR) is 109 cm³/mol. The van der Waals surface area contributed by atoms with E-state index in [1.165, 1.54) is 24.3 Å². The molecule has 0 spiro atoms. The van der Waals surface area contributed by atoms with E-state index in [-0.39, 0.29) is 30.6 Å². The van der Waals surface area contributed by atoms with E-state index < -0.39 is 0 Å². The van der Waals surface area contributed by atoms with Gasteiger partial charge in [-0.05, 0) is 68.0 Å². The number of benzene rings is 2. The predicted octanol–water partition coefficient (Wildman–Crippen LogP) is 5.07. The van der Waals surface area contributed by atoms with Gasteiger partial charge in [0.2, 0.25) is 0 Å². The lowest BCUT2D eigenvalue weighted by atomic mass is 9.90. The van der Waals surface area contributed by atoms with Gasteiger partial charge >= 0.3 is 5.97 Å². The number of aromatic nitrogens is 1. The number of hydrogen-bond acceptors (Lipinski definition) is 4. The molecule has 0 fully saturated rings. The second kappa shape index (κ2) is 8.52. The highest BCUT2D eigenvalue weighted by Gasteiger charge is 2.23. The smallest absolute Gasteiger partial charge is 0.339 e. The standard InChI is InChI=1S/C24H22FNO3/c25-17-13-11-16(12-14-17)22(27)10-5-15-29-24(28)23-18-6-1-3-8-20(18)26-21-9-4-2-7-19(21)23/h1,3,6,8,11-14H,2,4-5,7,9-10,15H2. The van der Waals surface area contributed by atoms with E-state index in [0.29, 0.717) is 17.5 Å². The van der Waals surface area contributed by atoms with Gasteiger partial charge in [0.05, 0.1) is 17.7 Å². The molecule has 1 aromatic heterocycles. The first-order valence-electron chi connectivity index (χ1n) is 10.00. The molecule has 0 unspecified atom stereocenters. The van der Waals surface area contributed by atoms with Gasteiger partial charge in [-0.2, -0.15) is 0 Å². The van der Waals surface area contributed by atoms with Gasteiger partial charge in [-0.3, -0.25) is 9.78 Å². The maximum Gasteiger partial charge on any atom is 0.339 e. The zero-order valence-electron chi connectivity index (χ0n) is 16.1. The fraction of sp³-hybridized carbons (Fsp3) is 0.292. The van der Waals surface area contributed by atoms with E-state index >= 15 is 0 Å². The molecule has 0 amide bonds. The molecule has 0 N–H and O–H groups in total. The lowest BCUT2D eigenvalue weighted by Gasteiger charge is -2.20. The van der Waals surface area contributed by atoms with E-state index in [1.54, 1.807) is 0 Å². The molecular weight excluding hydrogens is 369 g/mol. The van der Waals surface area contributed by atoms with E-state index in [2.05, 4.69) is 0 Å². The molecule has 4 nitrogen and oxygen atoms in total. The van der Waals surface area contributed by atoms with Crippen LogP contribution in [0.3, 0.4) is 0 Å². The Bertz CT molecular complexity index is 1060. The number of Topliss-reactive ketones (excluding diaryl/α,β-unsaturated/α-hetero) is 1. The molecule has 29 heavy (non-hydrogen) atoms. The second-order valence-corrected chi connectivity index (χ2v) is 7.31. The SMILES string of the molecule is O=C(CCCOC(=O)c1c2c(nc3ccccc13)CCCC2)c1ccc(F)cc1. The van der Waals surface area contributed by atoms with Crippen molar-refractivity contribution in [2.45, 2.75) is 38.5 Å². The average molecular weight is 391 g/mol. The van der Waals surface area contributed by atoms with E-state index in [1.807, 2.05) is 24.3 Å². The minimum absolute atomic E-state index is 0.0900. The van der Waals surface area contributed by atoms with Crippen LogP contribution >= 0.6 is 0 Å². The van der Waals surface area contributed by atoms with Crippen molar-refractivity contribution in [2.75, 3.05) is 6.61 Å². The number of ether oxygens (including phenoxy) is 1. The Hall–Kier alpha value is -3.08. The van der Waals surface area contributed by atoms with Crippen LogP contribution < -0.4 is 0 Å². The number of halogens is 1. The summed E-state index contributed by atoms with van der Waals surface area (Å²) < 4.78 is 18.5. The highest BCUT2D eigenvalue weighted by molar-refractivity contribution is 6.05. The first-order valence-corrected chi connectivity index (χ1v) is 10.00. The van der Waals surface area contributed by atoms with Crippen molar-refractivity contribution in [1.82, 2.24) is 4.98 Å². The quantitative estimate of drug-likeness (QED) is 0.334. The molecule has 4 rings (SSSR count). The van der Waals surface area contributed by atoms with Gasteiger partial charge in [-0.25, -0.2) is 9.18 Å².